The Hall–Kier alpha value is -2.18. The van der Waals surface area contributed by atoms with E-state index >= 15 is 0 Å². The summed E-state index contributed by atoms with van der Waals surface area (Å²) in [4.78, 5) is 31.0. The van der Waals surface area contributed by atoms with Crippen molar-refractivity contribution in [2.45, 2.75) is 25.7 Å². The largest absolute Gasteiger partial charge is 0.365 e. The Kier molecular flexibility index (Phi) is 3.86. The third-order valence-electron chi connectivity index (χ3n) is 5.93. The van der Waals surface area contributed by atoms with Crippen LogP contribution in [0.25, 0.3) is 0 Å². The van der Waals surface area contributed by atoms with Gasteiger partial charge in [-0.1, -0.05) is 6.42 Å². The second-order valence-electron chi connectivity index (χ2n) is 7.23. The highest BCUT2D eigenvalue weighted by Gasteiger charge is 2.44. The molecule has 2 bridgehead atoms. The van der Waals surface area contributed by atoms with E-state index in [4.69, 9.17) is 0 Å². The highest BCUT2D eigenvalue weighted by atomic mass is 16.6. The number of piperazine rings is 1. The van der Waals surface area contributed by atoms with Crippen LogP contribution in [0.15, 0.2) is 18.3 Å². The van der Waals surface area contributed by atoms with Gasteiger partial charge in [0.25, 0.3) is 0 Å². The molecular weight excluding hydrogens is 308 g/mol. The van der Waals surface area contributed by atoms with Crippen LogP contribution < -0.4 is 4.90 Å². The third kappa shape index (κ3) is 2.72. The fourth-order valence-corrected chi connectivity index (χ4v) is 4.64. The lowest BCUT2D eigenvalue weighted by Gasteiger charge is -2.37. The quantitative estimate of drug-likeness (QED) is 0.626. The molecule has 1 aromatic rings. The molecule has 128 valence electrons. The molecule has 1 aliphatic heterocycles. The van der Waals surface area contributed by atoms with Gasteiger partial charge in [-0.15, -0.1) is 0 Å². The maximum atomic E-state index is 12.8. The zero-order chi connectivity index (χ0) is 16.7. The molecule has 24 heavy (non-hydrogen) atoms. The van der Waals surface area contributed by atoms with Gasteiger partial charge >= 0.3 is 5.82 Å². The Balaban J connectivity index is 1.34. The van der Waals surface area contributed by atoms with Gasteiger partial charge in [0.1, 0.15) is 0 Å². The van der Waals surface area contributed by atoms with Crippen LogP contribution in [0, 0.1) is 27.9 Å². The van der Waals surface area contributed by atoms with Gasteiger partial charge in [-0.2, -0.15) is 0 Å². The number of nitrogens with zero attached hydrogens (tertiary/aromatic N) is 4. The number of amides is 1. The number of nitro groups is 1. The van der Waals surface area contributed by atoms with Gasteiger partial charge in [0, 0.05) is 38.2 Å². The van der Waals surface area contributed by atoms with E-state index in [0.29, 0.717) is 11.8 Å². The molecule has 0 spiro atoms. The summed E-state index contributed by atoms with van der Waals surface area (Å²) in [6, 6.07) is 3.17. The molecule has 1 amide bonds. The van der Waals surface area contributed by atoms with E-state index in [2.05, 4.69) is 9.88 Å². The molecule has 0 aromatic carbocycles. The third-order valence-corrected chi connectivity index (χ3v) is 5.93. The number of carbonyl (C=O) groups is 1. The topological polar surface area (TPSA) is 79.6 Å². The SMILES string of the molecule is O=C([C@H]1C[C@H]2CC[C@H]1C2)N1CCN(c2ccc([N+](=O)[O-])nc2)CC1. The number of rotatable bonds is 3. The van der Waals surface area contributed by atoms with Crippen molar-refractivity contribution in [2.24, 2.45) is 17.8 Å². The first kappa shape index (κ1) is 15.4. The fourth-order valence-electron chi connectivity index (χ4n) is 4.64. The first-order valence-electron chi connectivity index (χ1n) is 8.76. The Morgan fingerprint density at radius 1 is 1.17 bits per heavy atom. The summed E-state index contributed by atoms with van der Waals surface area (Å²) in [5.74, 6) is 1.89. The van der Waals surface area contributed by atoms with Gasteiger partial charge in [0.05, 0.1) is 5.69 Å². The van der Waals surface area contributed by atoms with E-state index in [0.717, 1.165) is 44.2 Å². The van der Waals surface area contributed by atoms with Crippen molar-refractivity contribution >= 4 is 17.4 Å². The van der Waals surface area contributed by atoms with Crippen LogP contribution in [-0.4, -0.2) is 46.9 Å². The number of fused-ring (bicyclic) bond motifs is 2. The van der Waals surface area contributed by atoms with Crippen molar-refractivity contribution in [1.82, 2.24) is 9.88 Å². The second kappa shape index (κ2) is 6.03. The lowest BCUT2D eigenvalue weighted by Crippen LogP contribution is -2.51. The predicted molar refractivity (Wildman–Crippen MR) is 88.6 cm³/mol. The van der Waals surface area contributed by atoms with Crippen molar-refractivity contribution in [3.63, 3.8) is 0 Å². The summed E-state index contributed by atoms with van der Waals surface area (Å²) in [5.41, 5.74) is 0.882. The Morgan fingerprint density at radius 3 is 2.50 bits per heavy atom. The van der Waals surface area contributed by atoms with Crippen LogP contribution in [-0.2, 0) is 4.79 Å². The molecule has 4 rings (SSSR count). The molecule has 0 unspecified atom stereocenters. The number of pyridine rings is 1. The lowest BCUT2D eigenvalue weighted by atomic mass is 9.87. The maximum absolute atomic E-state index is 12.8. The molecule has 3 atom stereocenters. The minimum Gasteiger partial charge on any atom is -0.365 e. The first-order chi connectivity index (χ1) is 11.6. The van der Waals surface area contributed by atoms with Gasteiger partial charge in [-0.25, -0.2) is 0 Å². The predicted octanol–water partition coefficient (Wildman–Crippen LogP) is 2.07. The molecule has 1 aromatic heterocycles. The fraction of sp³-hybridized carbons (Fsp3) is 0.647. The van der Waals surface area contributed by atoms with Crippen molar-refractivity contribution in [1.29, 1.82) is 0 Å². The van der Waals surface area contributed by atoms with Gasteiger partial charge < -0.3 is 19.9 Å². The number of hydrogen-bond donors (Lipinski definition) is 0. The molecule has 7 nitrogen and oxygen atoms in total. The second-order valence-corrected chi connectivity index (χ2v) is 7.23. The van der Waals surface area contributed by atoms with E-state index in [1.807, 2.05) is 4.90 Å². The standard InChI is InChI=1S/C17H22N4O3/c22-17(15-10-12-1-2-13(15)9-12)20-7-5-19(6-8-20)14-3-4-16(18-11-14)21(23)24/h3-4,11-13,15H,1-2,5-10H2/t12-,13-,15-/m0/s1. The van der Waals surface area contributed by atoms with Crippen LogP contribution in [0.3, 0.4) is 0 Å². The normalized spacial score (nSPS) is 29.1. The van der Waals surface area contributed by atoms with E-state index in [9.17, 15) is 14.9 Å². The molecule has 7 heteroatoms. The van der Waals surface area contributed by atoms with E-state index in [1.165, 1.54) is 25.3 Å². The summed E-state index contributed by atoms with van der Waals surface area (Å²) in [7, 11) is 0. The summed E-state index contributed by atoms with van der Waals surface area (Å²) in [5, 5.41) is 10.7. The molecule has 2 saturated carbocycles. The number of hydrogen-bond acceptors (Lipinski definition) is 5. The first-order valence-corrected chi connectivity index (χ1v) is 8.76. The van der Waals surface area contributed by atoms with Crippen LogP contribution in [0.1, 0.15) is 25.7 Å². The summed E-state index contributed by atoms with van der Waals surface area (Å²) >= 11 is 0. The smallest absolute Gasteiger partial charge is 0.363 e. The average molecular weight is 330 g/mol. The zero-order valence-corrected chi connectivity index (χ0v) is 13.6. The highest BCUT2D eigenvalue weighted by molar-refractivity contribution is 5.80. The van der Waals surface area contributed by atoms with Crippen LogP contribution >= 0.6 is 0 Å². The van der Waals surface area contributed by atoms with Crippen LogP contribution in [0.4, 0.5) is 11.5 Å². The Bertz CT molecular complexity index is 640. The van der Waals surface area contributed by atoms with E-state index < -0.39 is 4.92 Å². The van der Waals surface area contributed by atoms with Gasteiger partial charge in [0.15, 0.2) is 6.20 Å². The molecule has 3 aliphatic rings. The van der Waals surface area contributed by atoms with Crippen LogP contribution in [0.2, 0.25) is 0 Å². The van der Waals surface area contributed by atoms with Crippen LogP contribution in [0.5, 0.6) is 0 Å². The monoisotopic (exact) mass is 330 g/mol. The summed E-state index contributed by atoms with van der Waals surface area (Å²) in [6.07, 6.45) is 6.44. The van der Waals surface area contributed by atoms with Crippen molar-refractivity contribution < 1.29 is 9.72 Å². The van der Waals surface area contributed by atoms with E-state index in [-0.39, 0.29) is 11.7 Å². The molecule has 0 radical (unpaired) electrons. The summed E-state index contributed by atoms with van der Waals surface area (Å²) < 4.78 is 0. The minimum absolute atomic E-state index is 0.135. The maximum Gasteiger partial charge on any atom is 0.363 e. The van der Waals surface area contributed by atoms with E-state index in [1.54, 1.807) is 12.3 Å². The molecule has 3 fully saturated rings. The van der Waals surface area contributed by atoms with Crippen molar-refractivity contribution in [3.8, 4) is 0 Å². The number of carbonyl (C=O) groups excluding carboxylic acids is 1. The molecule has 0 N–H and O–H groups in total. The van der Waals surface area contributed by atoms with Crippen molar-refractivity contribution in [2.75, 3.05) is 31.1 Å². The Morgan fingerprint density at radius 2 is 1.96 bits per heavy atom. The molecule has 2 aliphatic carbocycles. The average Bonchev–Trinajstić information content (AvgIpc) is 3.25. The number of anilines is 1. The van der Waals surface area contributed by atoms with Crippen molar-refractivity contribution in [3.05, 3.63) is 28.4 Å². The lowest BCUT2D eigenvalue weighted by molar-refractivity contribution is -0.389. The van der Waals surface area contributed by atoms with Gasteiger partial charge in [-0.05, 0) is 47.1 Å². The van der Waals surface area contributed by atoms with Gasteiger partial charge in [-0.3, -0.25) is 4.79 Å². The summed E-state index contributed by atoms with van der Waals surface area (Å²) in [6.45, 7) is 2.96. The molecular formula is C17H22N4O3. The minimum atomic E-state index is -0.490. The van der Waals surface area contributed by atoms with Gasteiger partial charge in [0.2, 0.25) is 5.91 Å². The number of aromatic nitrogens is 1. The Labute approximate surface area is 140 Å². The highest BCUT2D eigenvalue weighted by Crippen LogP contribution is 2.48. The molecule has 2 heterocycles. The zero-order valence-electron chi connectivity index (χ0n) is 13.6. The molecule has 1 saturated heterocycles.